The van der Waals surface area contributed by atoms with Crippen molar-refractivity contribution in [3.8, 4) is 0 Å². The lowest BCUT2D eigenvalue weighted by atomic mass is 10.4. The molecule has 4 aromatic carbocycles. The molecule has 0 fully saturated rings. The average Bonchev–Trinajstić information content (AvgIpc) is 2.91. The summed E-state index contributed by atoms with van der Waals surface area (Å²) in [6.45, 7) is 0. The molecule has 0 radical (unpaired) electrons. The first kappa shape index (κ1) is 25.0. The Morgan fingerprint density at radius 1 is 0.441 bits per heavy atom. The Morgan fingerprint density at radius 3 is 0.912 bits per heavy atom. The van der Waals surface area contributed by atoms with Crippen molar-refractivity contribution in [2.24, 2.45) is 9.03 Å². The molecule has 2 atom stereocenters. The van der Waals surface area contributed by atoms with Crippen molar-refractivity contribution in [2.75, 3.05) is 12.3 Å². The van der Waals surface area contributed by atoms with Gasteiger partial charge in [0.1, 0.15) is 16.1 Å². The summed E-state index contributed by atoms with van der Waals surface area (Å²) in [5.41, 5.74) is 0. The smallest absolute Gasteiger partial charge is 0.173 e. The highest BCUT2D eigenvalue weighted by molar-refractivity contribution is 7.76. The molecule has 0 saturated carbocycles. The fourth-order valence-electron chi connectivity index (χ4n) is 3.24. The Labute approximate surface area is 205 Å². The Hall–Kier alpha value is -2.14. The van der Waals surface area contributed by atoms with E-state index in [1.54, 1.807) is 0 Å². The molecular weight excluding hydrogens is 496 g/mol. The third-order valence-corrected chi connectivity index (χ3v) is 12.6. The van der Waals surface area contributed by atoms with Gasteiger partial charge in [-0.3, -0.25) is 0 Å². The van der Waals surface area contributed by atoms with Crippen LogP contribution in [0.4, 0.5) is 0 Å². The van der Waals surface area contributed by atoms with E-state index in [2.05, 4.69) is 0 Å². The molecule has 4 nitrogen and oxygen atoms in total. The van der Waals surface area contributed by atoms with Crippen molar-refractivity contribution in [1.82, 2.24) is 0 Å². The summed E-state index contributed by atoms with van der Waals surface area (Å²) >= 11 is 0. The van der Waals surface area contributed by atoms with Gasteiger partial charge in [0.2, 0.25) is 0 Å². The Kier molecular flexibility index (Phi) is 9.61. The van der Waals surface area contributed by atoms with E-state index < -0.39 is 32.0 Å². The summed E-state index contributed by atoms with van der Waals surface area (Å²) in [5.74, 6) is 0. The quantitative estimate of drug-likeness (QED) is 0.293. The van der Waals surface area contributed by atoms with Crippen molar-refractivity contribution in [3.63, 3.8) is 0 Å². The van der Waals surface area contributed by atoms with Crippen LogP contribution in [-0.2, 0) is 0 Å². The molecule has 0 N–H and O–H groups in total. The molecule has 2 unspecified atom stereocenters. The van der Waals surface area contributed by atoms with Gasteiger partial charge in [0.05, 0.1) is 0 Å². The zero-order valence-electron chi connectivity index (χ0n) is 18.5. The van der Waals surface area contributed by atoms with Gasteiger partial charge in [-0.2, -0.15) is 0 Å². The number of hydrogen-bond acceptors (Lipinski definition) is 4. The van der Waals surface area contributed by atoms with E-state index in [1.165, 1.54) is 0 Å². The minimum absolute atomic E-state index is 0.263. The normalized spacial score (nSPS) is 12.4. The summed E-state index contributed by atoms with van der Waals surface area (Å²) in [7, 11) is -5.91. The molecule has 170 valence electrons. The van der Waals surface area contributed by atoms with E-state index in [0.717, 1.165) is 21.2 Å². The van der Waals surface area contributed by atoms with E-state index in [-0.39, 0.29) is 12.3 Å². The number of hydrogen-bond donors (Lipinski definition) is 0. The number of benzene rings is 4. The molecule has 8 heteroatoms. The van der Waals surface area contributed by atoms with Crippen molar-refractivity contribution >= 4 is 53.2 Å². The molecule has 0 spiro atoms. The second-order valence-corrected chi connectivity index (χ2v) is 14.3. The summed E-state index contributed by atoms with van der Waals surface area (Å²) in [6, 6.07) is 39.8. The van der Waals surface area contributed by atoms with Crippen molar-refractivity contribution in [2.45, 2.75) is 0 Å². The standard InChI is InChI=1S/C26H24N2O2P4/c29-31(27-33(23-13-5-1-6-14-23)24-15-7-2-8-16-24)21-22-32(30)28-34(25-17-9-3-10-18-25)26-19-11-4-12-20-26/h1-20H,21-22H2. The molecule has 0 amide bonds. The fraction of sp³-hybridized carbons (Fsp3) is 0.0769. The van der Waals surface area contributed by atoms with Gasteiger partial charge < -0.3 is 9.79 Å². The summed E-state index contributed by atoms with van der Waals surface area (Å²) in [5, 5.41) is 4.21. The maximum Gasteiger partial charge on any atom is 0.173 e. The van der Waals surface area contributed by atoms with Gasteiger partial charge in [-0.05, 0) is 0 Å². The first-order chi connectivity index (χ1) is 16.7. The Morgan fingerprint density at radius 2 is 0.676 bits per heavy atom. The monoisotopic (exact) mass is 520 g/mol. The zero-order valence-corrected chi connectivity index (χ0v) is 22.0. The van der Waals surface area contributed by atoms with Gasteiger partial charge >= 0.3 is 0 Å². The lowest BCUT2D eigenvalue weighted by Gasteiger charge is -2.12. The van der Waals surface area contributed by atoms with E-state index in [4.69, 9.17) is 9.03 Å². The zero-order chi connectivity index (χ0) is 23.6. The molecule has 0 heterocycles. The molecule has 0 saturated heterocycles. The molecule has 0 aliphatic heterocycles. The predicted octanol–water partition coefficient (Wildman–Crippen LogP) is 4.96. The van der Waals surface area contributed by atoms with Gasteiger partial charge in [-0.15, -0.1) is 0 Å². The topological polar surface area (TPSA) is 70.8 Å². The second-order valence-electron chi connectivity index (χ2n) is 7.30. The van der Waals surface area contributed by atoms with E-state index in [1.807, 2.05) is 121 Å². The van der Waals surface area contributed by atoms with Crippen LogP contribution >= 0.6 is 32.0 Å². The van der Waals surface area contributed by atoms with Gasteiger partial charge in [0, 0.05) is 21.2 Å². The lowest BCUT2D eigenvalue weighted by Crippen LogP contribution is -2.11. The van der Waals surface area contributed by atoms with Crippen LogP contribution in [0.1, 0.15) is 0 Å². The molecule has 4 aromatic rings. The largest absolute Gasteiger partial charge is 0.612 e. The molecule has 0 aliphatic rings. The Bertz CT molecular complexity index is 1050. The second kappa shape index (κ2) is 13.1. The van der Waals surface area contributed by atoms with Crippen LogP contribution in [0.25, 0.3) is 0 Å². The van der Waals surface area contributed by atoms with Crippen molar-refractivity contribution in [3.05, 3.63) is 121 Å². The fourth-order valence-corrected chi connectivity index (χ4v) is 11.0. The maximum atomic E-state index is 13.0. The van der Waals surface area contributed by atoms with Crippen LogP contribution < -0.4 is 31.0 Å². The van der Waals surface area contributed by atoms with Crippen LogP contribution in [0.15, 0.2) is 130 Å². The Balaban J connectivity index is 1.52. The predicted molar refractivity (Wildman–Crippen MR) is 147 cm³/mol. The van der Waals surface area contributed by atoms with Gasteiger partial charge in [-0.1, -0.05) is 130 Å². The van der Waals surface area contributed by atoms with Crippen LogP contribution in [-0.4, -0.2) is 12.3 Å². The first-order valence-corrected chi connectivity index (χ1v) is 16.2. The van der Waals surface area contributed by atoms with Gasteiger partial charge in [-0.25, -0.2) is 0 Å². The van der Waals surface area contributed by atoms with Crippen molar-refractivity contribution in [1.29, 1.82) is 0 Å². The van der Waals surface area contributed by atoms with Gasteiger partial charge in [0.15, 0.2) is 28.2 Å². The van der Waals surface area contributed by atoms with Gasteiger partial charge in [0.25, 0.3) is 0 Å². The van der Waals surface area contributed by atoms with Crippen LogP contribution in [0, 0.1) is 0 Å². The lowest BCUT2D eigenvalue weighted by molar-refractivity contribution is -0.158. The molecule has 0 bridgehead atoms. The molecule has 34 heavy (non-hydrogen) atoms. The summed E-state index contributed by atoms with van der Waals surface area (Å²) in [4.78, 5) is 25.9. The minimum atomic E-state index is -1.87. The highest BCUT2D eigenvalue weighted by Gasteiger charge is 2.20. The average molecular weight is 520 g/mol. The highest BCUT2D eigenvalue weighted by Crippen LogP contribution is 2.44. The van der Waals surface area contributed by atoms with Crippen LogP contribution in [0.2, 0.25) is 0 Å². The van der Waals surface area contributed by atoms with Crippen LogP contribution in [0.5, 0.6) is 0 Å². The third kappa shape index (κ3) is 7.18. The summed E-state index contributed by atoms with van der Waals surface area (Å²) in [6.07, 6.45) is 0.526. The molecule has 4 rings (SSSR count). The number of rotatable bonds is 9. The van der Waals surface area contributed by atoms with E-state index in [0.29, 0.717) is 0 Å². The van der Waals surface area contributed by atoms with Crippen molar-refractivity contribution < 1.29 is 9.79 Å². The molecule has 0 aromatic heterocycles. The molecular formula is C26H24N2O2P4. The number of nitrogens with zero attached hydrogens (tertiary/aromatic N) is 2. The minimum Gasteiger partial charge on any atom is -0.612 e. The first-order valence-electron chi connectivity index (χ1n) is 10.8. The highest BCUT2D eigenvalue weighted by atomic mass is 31.2. The maximum absolute atomic E-state index is 13.0. The summed E-state index contributed by atoms with van der Waals surface area (Å²) < 4.78 is 9.39. The van der Waals surface area contributed by atoms with Crippen LogP contribution in [0.3, 0.4) is 0 Å². The van der Waals surface area contributed by atoms with E-state index >= 15 is 0 Å². The van der Waals surface area contributed by atoms with E-state index in [9.17, 15) is 9.79 Å². The molecule has 0 aliphatic carbocycles. The third-order valence-electron chi connectivity index (χ3n) is 4.86. The SMILES string of the molecule is [O-][P+](CC[P+]([O-])=NP(c1ccccc1)c1ccccc1)=NP(c1ccccc1)c1ccccc1.